The third-order valence-electron chi connectivity index (χ3n) is 6.36. The molecule has 1 unspecified atom stereocenters. The number of hydrogen-bond donors (Lipinski definition) is 1. The zero-order valence-corrected chi connectivity index (χ0v) is 21.2. The van der Waals surface area contributed by atoms with Crippen LogP contribution < -0.4 is 9.64 Å². The monoisotopic (exact) mass is 498 g/mol. The van der Waals surface area contributed by atoms with Crippen LogP contribution in [0.1, 0.15) is 58.3 Å². The molecule has 11 heteroatoms. The van der Waals surface area contributed by atoms with Gasteiger partial charge in [-0.25, -0.2) is 9.78 Å². The van der Waals surface area contributed by atoms with Gasteiger partial charge in [0.25, 0.3) is 5.91 Å². The van der Waals surface area contributed by atoms with Crippen LogP contribution in [0, 0.1) is 5.82 Å². The maximum absolute atomic E-state index is 15.1. The van der Waals surface area contributed by atoms with E-state index in [1.165, 1.54) is 4.90 Å². The first-order valence-corrected chi connectivity index (χ1v) is 11.8. The highest BCUT2D eigenvalue weighted by molar-refractivity contribution is 6.30. The van der Waals surface area contributed by atoms with Crippen molar-refractivity contribution in [1.82, 2.24) is 14.8 Å². The quantitative estimate of drug-likeness (QED) is 0.594. The number of fused-ring (bicyclic) bond motifs is 2. The van der Waals surface area contributed by atoms with Crippen molar-refractivity contribution < 1.29 is 28.6 Å². The number of β-amino-alcohol motifs (C(OH)–C–C–N with tert-alkyl or cyclic N) is 1. The van der Waals surface area contributed by atoms with Crippen molar-refractivity contribution in [2.45, 2.75) is 70.7 Å². The molecule has 1 aromatic heterocycles. The summed E-state index contributed by atoms with van der Waals surface area (Å²) < 4.78 is 26.4. The van der Waals surface area contributed by atoms with Crippen LogP contribution in [0.4, 0.5) is 15.0 Å². The molecule has 1 aromatic rings. The minimum Gasteiger partial charge on any atom is -0.487 e. The van der Waals surface area contributed by atoms with Crippen molar-refractivity contribution in [3.05, 3.63) is 16.5 Å². The number of anilines is 1. The molecule has 2 amide bonds. The minimum absolute atomic E-state index is 0.0131. The van der Waals surface area contributed by atoms with Gasteiger partial charge in [0.05, 0.1) is 11.6 Å². The first-order valence-electron chi connectivity index (χ1n) is 11.4. The van der Waals surface area contributed by atoms with Crippen molar-refractivity contribution in [2.24, 2.45) is 0 Å². The summed E-state index contributed by atoms with van der Waals surface area (Å²) >= 11 is 6.12. The van der Waals surface area contributed by atoms with E-state index >= 15 is 4.39 Å². The topological polar surface area (TPSA) is 95.4 Å². The predicted molar refractivity (Wildman–Crippen MR) is 124 cm³/mol. The van der Waals surface area contributed by atoms with Crippen LogP contribution in [0.15, 0.2) is 0 Å². The number of aliphatic hydroxyl groups is 1. The predicted octanol–water partition coefficient (Wildman–Crippen LogP) is 3.07. The number of halogens is 2. The summed E-state index contributed by atoms with van der Waals surface area (Å²) in [6, 6.07) is -0.498. The van der Waals surface area contributed by atoms with E-state index in [1.54, 1.807) is 37.5 Å². The summed E-state index contributed by atoms with van der Waals surface area (Å²) in [5, 5.41) is 10.3. The zero-order valence-electron chi connectivity index (χ0n) is 20.4. The summed E-state index contributed by atoms with van der Waals surface area (Å²) in [5.41, 5.74) is -2.24. The number of ether oxygens (including phenoxy) is 2. The van der Waals surface area contributed by atoms with Gasteiger partial charge in [-0.15, -0.1) is 0 Å². The Labute approximate surface area is 203 Å². The molecule has 0 aliphatic carbocycles. The number of pyridine rings is 1. The van der Waals surface area contributed by atoms with Crippen LogP contribution in [-0.2, 0) is 4.74 Å². The van der Waals surface area contributed by atoms with E-state index in [1.807, 2.05) is 13.8 Å². The minimum atomic E-state index is -1.02. The number of hydrogen-bond acceptors (Lipinski definition) is 7. The molecular formula is C23H32ClFN4O5. The SMILES string of the molecule is CC1(O)CN(c2nc(Cl)c(F)c3c2C(=O)N2CCN(C(=O)OC(C)(C)C)C[C@@H]2CO3)C(C)(C)C1. The van der Waals surface area contributed by atoms with Gasteiger partial charge in [0.2, 0.25) is 5.82 Å². The van der Waals surface area contributed by atoms with E-state index < -0.39 is 45.8 Å². The molecule has 3 aliphatic heterocycles. The molecule has 2 fully saturated rings. The summed E-state index contributed by atoms with van der Waals surface area (Å²) in [6.07, 6.45) is -0.0449. The van der Waals surface area contributed by atoms with E-state index in [9.17, 15) is 14.7 Å². The molecule has 9 nitrogen and oxygen atoms in total. The first-order chi connectivity index (χ1) is 15.6. The molecule has 1 N–H and O–H groups in total. The Hall–Kier alpha value is -2.33. The van der Waals surface area contributed by atoms with Crippen LogP contribution in [0.25, 0.3) is 0 Å². The zero-order chi connectivity index (χ0) is 25.2. The van der Waals surface area contributed by atoms with Gasteiger partial charge in [0, 0.05) is 38.1 Å². The molecule has 4 rings (SSSR count). The Morgan fingerprint density at radius 3 is 2.56 bits per heavy atom. The van der Waals surface area contributed by atoms with Crippen molar-refractivity contribution in [3.8, 4) is 5.75 Å². The van der Waals surface area contributed by atoms with Crippen molar-refractivity contribution >= 4 is 29.4 Å². The number of nitrogens with zero attached hydrogens (tertiary/aromatic N) is 4. The second-order valence-corrected chi connectivity index (χ2v) is 11.6. The van der Waals surface area contributed by atoms with Gasteiger partial charge >= 0.3 is 6.09 Å². The number of carbonyl (C=O) groups excluding carboxylic acids is 2. The number of aromatic nitrogens is 1. The lowest BCUT2D eigenvalue weighted by molar-refractivity contribution is 0.000862. The Kier molecular flexibility index (Phi) is 5.92. The lowest BCUT2D eigenvalue weighted by Gasteiger charge is -2.40. The van der Waals surface area contributed by atoms with Crippen molar-refractivity contribution in [2.75, 3.05) is 37.7 Å². The molecule has 188 valence electrons. The van der Waals surface area contributed by atoms with Gasteiger partial charge in [-0.3, -0.25) is 4.79 Å². The highest BCUT2D eigenvalue weighted by Gasteiger charge is 2.49. The molecule has 3 aliphatic rings. The Balaban J connectivity index is 1.69. The van der Waals surface area contributed by atoms with E-state index in [0.717, 1.165) is 0 Å². The number of carbonyl (C=O) groups is 2. The third kappa shape index (κ3) is 4.49. The van der Waals surface area contributed by atoms with Gasteiger partial charge in [-0.2, -0.15) is 4.39 Å². The Bertz CT molecular complexity index is 1030. The first kappa shape index (κ1) is 24.8. The molecule has 2 saturated heterocycles. The average Bonchev–Trinajstić information content (AvgIpc) is 2.83. The van der Waals surface area contributed by atoms with Gasteiger partial charge < -0.3 is 29.3 Å². The maximum Gasteiger partial charge on any atom is 0.410 e. The summed E-state index contributed by atoms with van der Waals surface area (Å²) in [7, 11) is 0. The van der Waals surface area contributed by atoms with Crippen LogP contribution >= 0.6 is 11.6 Å². The molecular weight excluding hydrogens is 467 g/mol. The summed E-state index contributed by atoms with van der Waals surface area (Å²) in [4.78, 5) is 35.5. The molecule has 0 saturated carbocycles. The average molecular weight is 499 g/mol. The van der Waals surface area contributed by atoms with E-state index in [-0.39, 0.29) is 49.9 Å². The van der Waals surface area contributed by atoms with Crippen LogP contribution in [0.5, 0.6) is 5.75 Å². The summed E-state index contributed by atoms with van der Waals surface area (Å²) in [5.74, 6) is -1.41. The lowest BCUT2D eigenvalue weighted by atomic mass is 9.94. The Morgan fingerprint density at radius 2 is 1.97 bits per heavy atom. The lowest BCUT2D eigenvalue weighted by Crippen LogP contribution is -2.58. The molecule has 34 heavy (non-hydrogen) atoms. The van der Waals surface area contributed by atoms with Crippen LogP contribution in [0.3, 0.4) is 0 Å². The number of piperazine rings is 1. The smallest absolute Gasteiger partial charge is 0.410 e. The largest absolute Gasteiger partial charge is 0.487 e. The standard InChI is InChI=1S/C23H32ClFN4O5/c1-21(2,3)34-20(31)27-7-8-28-13(9-27)10-33-16-14(19(28)30)18(26-17(24)15(16)25)29-12-23(6,32)11-22(29,4)5/h13,32H,7-12H2,1-6H3/t13-,23?/m1/s1. The summed E-state index contributed by atoms with van der Waals surface area (Å²) in [6.45, 7) is 11.8. The van der Waals surface area contributed by atoms with E-state index in [4.69, 9.17) is 21.1 Å². The van der Waals surface area contributed by atoms with Crippen molar-refractivity contribution in [1.29, 1.82) is 0 Å². The van der Waals surface area contributed by atoms with E-state index in [2.05, 4.69) is 4.98 Å². The van der Waals surface area contributed by atoms with Gasteiger partial charge in [-0.1, -0.05) is 11.6 Å². The van der Waals surface area contributed by atoms with Gasteiger partial charge in [0.15, 0.2) is 10.9 Å². The highest BCUT2D eigenvalue weighted by Crippen LogP contribution is 2.44. The van der Waals surface area contributed by atoms with Crippen molar-refractivity contribution in [3.63, 3.8) is 0 Å². The van der Waals surface area contributed by atoms with Gasteiger partial charge in [0.1, 0.15) is 23.6 Å². The second kappa shape index (κ2) is 8.12. The molecule has 0 radical (unpaired) electrons. The van der Waals surface area contributed by atoms with Crippen LogP contribution in [-0.4, -0.2) is 87.5 Å². The highest BCUT2D eigenvalue weighted by atomic mass is 35.5. The van der Waals surface area contributed by atoms with E-state index in [0.29, 0.717) is 6.42 Å². The fourth-order valence-corrected chi connectivity index (χ4v) is 5.27. The maximum atomic E-state index is 15.1. The number of rotatable bonds is 1. The molecule has 0 aromatic carbocycles. The molecule has 2 atom stereocenters. The fourth-order valence-electron chi connectivity index (χ4n) is 5.11. The van der Waals surface area contributed by atoms with Crippen LogP contribution in [0.2, 0.25) is 5.15 Å². The number of amides is 2. The second-order valence-electron chi connectivity index (χ2n) is 11.2. The fraction of sp³-hybridized carbons (Fsp3) is 0.696. The molecule has 0 spiro atoms. The molecule has 0 bridgehead atoms. The molecule has 4 heterocycles. The van der Waals surface area contributed by atoms with Gasteiger partial charge in [-0.05, 0) is 41.5 Å². The third-order valence-corrected chi connectivity index (χ3v) is 6.61. The Morgan fingerprint density at radius 1 is 1.29 bits per heavy atom. The normalized spacial score (nSPS) is 26.6.